The standard InChI is InChI=1S/C14H17NO3.C13H17NO/c16-8-13-12-6-11(12)7-15(13)14(17)18-9-10-4-2-1-3-5-10;15-9-13-12-6-11(12)8-14(13)7-10-4-2-1-3-5-10/h1-5,11-13,16H,6-9H2;1-5,11-13,15H,6-9H2/t2*11-,12?,13+/m00/s1. The Morgan fingerprint density at radius 3 is 2.03 bits per heavy atom. The predicted molar refractivity (Wildman–Crippen MR) is 125 cm³/mol. The van der Waals surface area contributed by atoms with Gasteiger partial charge in [-0.05, 0) is 47.6 Å². The van der Waals surface area contributed by atoms with E-state index in [1.54, 1.807) is 4.90 Å². The number of aliphatic hydroxyl groups excluding tert-OH is 2. The summed E-state index contributed by atoms with van der Waals surface area (Å²) < 4.78 is 5.29. The summed E-state index contributed by atoms with van der Waals surface area (Å²) in [4.78, 5) is 16.1. The molecule has 2 unspecified atom stereocenters. The third kappa shape index (κ3) is 5.08. The van der Waals surface area contributed by atoms with E-state index in [4.69, 9.17) is 4.74 Å². The van der Waals surface area contributed by atoms with Gasteiger partial charge >= 0.3 is 6.09 Å². The average molecular weight is 451 g/mol. The number of hydrogen-bond acceptors (Lipinski definition) is 5. The molecule has 0 bridgehead atoms. The molecule has 2 aliphatic heterocycles. The van der Waals surface area contributed by atoms with Gasteiger partial charge in [-0.25, -0.2) is 4.79 Å². The molecule has 1 amide bonds. The molecule has 2 aromatic carbocycles. The smallest absolute Gasteiger partial charge is 0.410 e. The first-order valence-electron chi connectivity index (χ1n) is 12.1. The minimum absolute atomic E-state index is 0.0294. The molecule has 2 saturated carbocycles. The molecule has 4 aliphatic rings. The molecular weight excluding hydrogens is 416 g/mol. The summed E-state index contributed by atoms with van der Waals surface area (Å²) in [6.45, 7) is 3.59. The van der Waals surface area contributed by atoms with Gasteiger partial charge in [0.1, 0.15) is 6.61 Å². The Bertz CT molecular complexity index is 924. The number of hydrogen-bond donors (Lipinski definition) is 2. The van der Waals surface area contributed by atoms with Crippen molar-refractivity contribution in [3.05, 3.63) is 71.8 Å². The highest BCUT2D eigenvalue weighted by molar-refractivity contribution is 5.69. The van der Waals surface area contributed by atoms with Crippen molar-refractivity contribution in [2.45, 2.75) is 38.1 Å². The molecule has 2 aliphatic carbocycles. The van der Waals surface area contributed by atoms with Crippen LogP contribution in [-0.4, -0.2) is 64.5 Å². The van der Waals surface area contributed by atoms with Gasteiger partial charge in [-0.3, -0.25) is 4.90 Å². The highest BCUT2D eigenvalue weighted by atomic mass is 16.6. The van der Waals surface area contributed by atoms with Crippen LogP contribution in [0, 0.1) is 23.7 Å². The van der Waals surface area contributed by atoms with Crippen LogP contribution < -0.4 is 0 Å². The minimum atomic E-state index is -0.301. The van der Waals surface area contributed by atoms with Gasteiger partial charge in [-0.15, -0.1) is 0 Å². The molecule has 0 radical (unpaired) electrons. The Morgan fingerprint density at radius 1 is 0.818 bits per heavy atom. The van der Waals surface area contributed by atoms with Crippen molar-refractivity contribution in [2.75, 3.05) is 26.3 Å². The number of fused-ring (bicyclic) bond motifs is 2. The van der Waals surface area contributed by atoms with Crippen LogP contribution in [0.4, 0.5) is 4.79 Å². The molecule has 6 rings (SSSR count). The monoisotopic (exact) mass is 450 g/mol. The third-order valence-electron chi connectivity index (χ3n) is 7.75. The highest BCUT2D eigenvalue weighted by Crippen LogP contribution is 2.50. The summed E-state index contributed by atoms with van der Waals surface area (Å²) in [5.41, 5.74) is 2.34. The van der Waals surface area contributed by atoms with E-state index in [0.29, 0.717) is 31.1 Å². The van der Waals surface area contributed by atoms with Crippen LogP contribution in [0.1, 0.15) is 24.0 Å². The lowest BCUT2D eigenvalue weighted by molar-refractivity contribution is 0.0713. The van der Waals surface area contributed by atoms with Crippen molar-refractivity contribution in [1.29, 1.82) is 0 Å². The van der Waals surface area contributed by atoms with Gasteiger partial charge < -0.3 is 19.8 Å². The Balaban J connectivity index is 0.000000140. The minimum Gasteiger partial charge on any atom is -0.445 e. The lowest BCUT2D eigenvalue weighted by Gasteiger charge is -2.25. The number of likely N-dealkylation sites (tertiary alicyclic amines) is 2. The summed E-state index contributed by atoms with van der Waals surface area (Å²) in [6, 6.07) is 20.6. The Morgan fingerprint density at radius 2 is 1.39 bits per heavy atom. The SMILES string of the molecule is O=C(OCc1ccccc1)N1C[C@@H]2CC2[C@H]1CO.OC[C@@H]1C2C[C@H]2CN1Cc1ccccc1. The van der Waals surface area contributed by atoms with E-state index in [2.05, 4.69) is 35.2 Å². The van der Waals surface area contributed by atoms with Gasteiger partial charge in [0, 0.05) is 25.7 Å². The number of carbonyl (C=O) groups excluding carboxylic acids is 1. The zero-order valence-corrected chi connectivity index (χ0v) is 19.0. The molecule has 2 saturated heterocycles. The lowest BCUT2D eigenvalue weighted by Crippen LogP contribution is -2.40. The van der Waals surface area contributed by atoms with Crippen molar-refractivity contribution < 1.29 is 19.7 Å². The zero-order valence-electron chi connectivity index (χ0n) is 19.0. The maximum Gasteiger partial charge on any atom is 0.410 e. The normalized spacial score (nSPS) is 31.3. The number of aliphatic hydroxyl groups is 2. The Labute approximate surface area is 195 Å². The molecule has 0 aromatic heterocycles. The predicted octanol–water partition coefficient (Wildman–Crippen LogP) is 3.14. The number of ether oxygens (including phenoxy) is 1. The molecule has 2 heterocycles. The molecule has 6 heteroatoms. The quantitative estimate of drug-likeness (QED) is 0.708. The van der Waals surface area contributed by atoms with E-state index in [9.17, 15) is 15.0 Å². The Kier molecular flexibility index (Phi) is 6.67. The fraction of sp³-hybridized carbons (Fsp3) is 0.519. The molecule has 4 fully saturated rings. The molecule has 2 N–H and O–H groups in total. The number of carbonyl (C=O) groups is 1. The van der Waals surface area contributed by atoms with E-state index in [1.165, 1.54) is 18.5 Å². The molecule has 33 heavy (non-hydrogen) atoms. The third-order valence-corrected chi connectivity index (χ3v) is 7.75. The molecule has 0 spiro atoms. The van der Waals surface area contributed by atoms with E-state index >= 15 is 0 Å². The fourth-order valence-corrected chi connectivity index (χ4v) is 5.73. The van der Waals surface area contributed by atoms with E-state index in [-0.39, 0.29) is 18.7 Å². The second-order valence-corrected chi connectivity index (χ2v) is 9.93. The Hall–Kier alpha value is -2.41. The maximum atomic E-state index is 11.9. The summed E-state index contributed by atoms with van der Waals surface area (Å²) in [5.74, 6) is 2.76. The number of nitrogens with zero attached hydrogens (tertiary/aromatic N) is 2. The second kappa shape index (κ2) is 9.84. The molecule has 2 aromatic rings. The fourth-order valence-electron chi connectivity index (χ4n) is 5.73. The van der Waals surface area contributed by atoms with Crippen LogP contribution >= 0.6 is 0 Å². The van der Waals surface area contributed by atoms with Crippen molar-refractivity contribution >= 4 is 6.09 Å². The van der Waals surface area contributed by atoms with E-state index < -0.39 is 0 Å². The number of amides is 1. The average Bonchev–Trinajstić information content (AvgIpc) is 3.74. The van der Waals surface area contributed by atoms with Gasteiger partial charge in [0.05, 0.1) is 19.3 Å². The molecule has 6 atom stereocenters. The topological polar surface area (TPSA) is 73.2 Å². The summed E-state index contributed by atoms with van der Waals surface area (Å²) in [5, 5.41) is 18.7. The first-order valence-corrected chi connectivity index (χ1v) is 12.1. The number of benzene rings is 2. The largest absolute Gasteiger partial charge is 0.445 e. The summed E-state index contributed by atoms with van der Waals surface area (Å²) in [7, 11) is 0. The van der Waals surface area contributed by atoms with Crippen LogP contribution in [-0.2, 0) is 17.9 Å². The van der Waals surface area contributed by atoms with E-state index in [0.717, 1.165) is 36.9 Å². The van der Waals surface area contributed by atoms with Crippen LogP contribution in [0.2, 0.25) is 0 Å². The van der Waals surface area contributed by atoms with Crippen LogP contribution in [0.15, 0.2) is 60.7 Å². The maximum absolute atomic E-state index is 11.9. The van der Waals surface area contributed by atoms with Gasteiger partial charge in [-0.2, -0.15) is 0 Å². The molecule has 6 nitrogen and oxygen atoms in total. The summed E-state index contributed by atoms with van der Waals surface area (Å²) in [6.07, 6.45) is 2.19. The van der Waals surface area contributed by atoms with Gasteiger partial charge in [0.2, 0.25) is 0 Å². The van der Waals surface area contributed by atoms with Crippen molar-refractivity contribution in [1.82, 2.24) is 9.80 Å². The highest BCUT2D eigenvalue weighted by Gasteiger charge is 2.54. The first-order chi connectivity index (χ1) is 16.2. The first kappa shape index (κ1) is 22.4. The molecular formula is C27H34N2O4. The van der Waals surface area contributed by atoms with Crippen molar-refractivity contribution in [3.8, 4) is 0 Å². The van der Waals surface area contributed by atoms with Crippen molar-refractivity contribution in [2.24, 2.45) is 23.7 Å². The van der Waals surface area contributed by atoms with Crippen LogP contribution in [0.5, 0.6) is 0 Å². The number of piperidine rings is 2. The van der Waals surface area contributed by atoms with Crippen LogP contribution in [0.25, 0.3) is 0 Å². The second-order valence-electron chi connectivity index (χ2n) is 9.93. The van der Waals surface area contributed by atoms with Gasteiger partial charge in [0.15, 0.2) is 0 Å². The van der Waals surface area contributed by atoms with Crippen LogP contribution in [0.3, 0.4) is 0 Å². The molecule has 176 valence electrons. The zero-order chi connectivity index (χ0) is 22.8. The lowest BCUT2D eigenvalue weighted by atomic mass is 10.1. The van der Waals surface area contributed by atoms with E-state index in [1.807, 2.05) is 30.3 Å². The number of rotatable bonds is 6. The van der Waals surface area contributed by atoms with Gasteiger partial charge in [0.25, 0.3) is 0 Å². The summed E-state index contributed by atoms with van der Waals surface area (Å²) >= 11 is 0. The van der Waals surface area contributed by atoms with Crippen molar-refractivity contribution in [3.63, 3.8) is 0 Å². The van der Waals surface area contributed by atoms with Gasteiger partial charge in [-0.1, -0.05) is 60.7 Å².